The number of hydrogen-bond donors (Lipinski definition) is 1. The maximum Gasteiger partial charge on any atom is 0.308 e. The van der Waals surface area contributed by atoms with E-state index in [2.05, 4.69) is 0 Å². The van der Waals surface area contributed by atoms with Gasteiger partial charge in [0.2, 0.25) is 0 Å². The summed E-state index contributed by atoms with van der Waals surface area (Å²) in [4.78, 5) is 25.3. The summed E-state index contributed by atoms with van der Waals surface area (Å²) in [5.41, 5.74) is 0.0593. The van der Waals surface area contributed by atoms with Gasteiger partial charge in [0.05, 0.1) is 13.0 Å². The lowest BCUT2D eigenvalue weighted by Crippen LogP contribution is -2.48. The van der Waals surface area contributed by atoms with Crippen LogP contribution in [-0.4, -0.2) is 41.1 Å². The van der Waals surface area contributed by atoms with Crippen LogP contribution in [0.4, 0.5) is 0 Å². The van der Waals surface area contributed by atoms with E-state index in [1.165, 1.54) is 0 Å². The Labute approximate surface area is 125 Å². The predicted octanol–water partition coefficient (Wildman–Crippen LogP) is 2.66. The molecule has 5 heteroatoms. The third-order valence-corrected chi connectivity index (χ3v) is 3.27. The van der Waals surface area contributed by atoms with Crippen molar-refractivity contribution in [3.05, 3.63) is 29.8 Å². The fourth-order valence-electron chi connectivity index (χ4n) is 1.90. The molecule has 1 rings (SSSR count). The summed E-state index contributed by atoms with van der Waals surface area (Å²) < 4.78 is 5.07. The lowest BCUT2D eigenvalue weighted by atomic mass is 10.0. The Balaban J connectivity index is 3.02. The van der Waals surface area contributed by atoms with E-state index in [9.17, 15) is 9.59 Å². The first-order chi connectivity index (χ1) is 9.66. The number of ether oxygens (including phenoxy) is 1. The number of carboxylic acid groups (broad SMARTS) is 1. The summed E-state index contributed by atoms with van der Waals surface area (Å²) in [6.07, 6.45) is 0. The van der Waals surface area contributed by atoms with Crippen molar-refractivity contribution in [3.8, 4) is 5.75 Å². The van der Waals surface area contributed by atoms with Gasteiger partial charge in [0.25, 0.3) is 5.91 Å². The van der Waals surface area contributed by atoms with Crippen LogP contribution in [0.5, 0.6) is 5.75 Å². The summed E-state index contributed by atoms with van der Waals surface area (Å²) in [5.74, 6) is -1.04. The highest BCUT2D eigenvalue weighted by Gasteiger charge is 2.30. The van der Waals surface area contributed by atoms with Gasteiger partial charge in [0.15, 0.2) is 0 Å². The van der Waals surface area contributed by atoms with Crippen molar-refractivity contribution in [2.24, 2.45) is 5.92 Å². The third kappa shape index (κ3) is 4.48. The van der Waals surface area contributed by atoms with Crippen molar-refractivity contribution in [2.45, 2.75) is 33.2 Å². The summed E-state index contributed by atoms with van der Waals surface area (Å²) in [7, 11) is 1.56. The lowest BCUT2D eigenvalue weighted by molar-refractivity contribution is -0.141. The van der Waals surface area contributed by atoms with Gasteiger partial charge in [0.1, 0.15) is 5.75 Å². The zero-order valence-corrected chi connectivity index (χ0v) is 13.2. The van der Waals surface area contributed by atoms with Crippen LogP contribution in [0.15, 0.2) is 24.3 Å². The van der Waals surface area contributed by atoms with E-state index in [0.29, 0.717) is 11.3 Å². The Morgan fingerprint density at radius 1 is 1.24 bits per heavy atom. The molecule has 0 aliphatic carbocycles. The summed E-state index contributed by atoms with van der Waals surface area (Å²) in [6.45, 7) is 7.45. The van der Waals surface area contributed by atoms with E-state index < -0.39 is 17.4 Å². The molecule has 1 unspecified atom stereocenters. The Morgan fingerprint density at radius 2 is 1.76 bits per heavy atom. The van der Waals surface area contributed by atoms with Crippen molar-refractivity contribution in [1.82, 2.24) is 4.90 Å². The number of carbonyl (C=O) groups is 2. The van der Waals surface area contributed by atoms with Gasteiger partial charge in [-0.15, -0.1) is 0 Å². The molecule has 116 valence electrons. The van der Waals surface area contributed by atoms with Crippen LogP contribution in [0.25, 0.3) is 0 Å². The molecule has 0 heterocycles. The van der Waals surface area contributed by atoms with E-state index in [-0.39, 0.29) is 12.5 Å². The molecule has 1 amide bonds. The zero-order chi connectivity index (χ0) is 16.2. The Morgan fingerprint density at radius 3 is 2.14 bits per heavy atom. The number of aliphatic carboxylic acids is 1. The van der Waals surface area contributed by atoms with Crippen LogP contribution in [-0.2, 0) is 4.79 Å². The van der Waals surface area contributed by atoms with Gasteiger partial charge in [-0.2, -0.15) is 0 Å². The van der Waals surface area contributed by atoms with Crippen molar-refractivity contribution in [1.29, 1.82) is 0 Å². The molecule has 0 aliphatic rings. The first-order valence-corrected chi connectivity index (χ1v) is 6.85. The Bertz CT molecular complexity index is 502. The van der Waals surface area contributed by atoms with Crippen molar-refractivity contribution in [3.63, 3.8) is 0 Å². The molecule has 0 radical (unpaired) electrons. The van der Waals surface area contributed by atoms with E-state index >= 15 is 0 Å². The second-order valence-electron chi connectivity index (χ2n) is 6.05. The van der Waals surface area contributed by atoms with Crippen LogP contribution in [0.2, 0.25) is 0 Å². The first kappa shape index (κ1) is 17.0. The fraction of sp³-hybridized carbons (Fsp3) is 0.500. The monoisotopic (exact) mass is 293 g/mol. The average molecular weight is 293 g/mol. The highest BCUT2D eigenvalue weighted by molar-refractivity contribution is 5.95. The van der Waals surface area contributed by atoms with Gasteiger partial charge in [0, 0.05) is 17.6 Å². The topological polar surface area (TPSA) is 66.8 Å². The number of amides is 1. The van der Waals surface area contributed by atoms with Gasteiger partial charge in [-0.25, -0.2) is 0 Å². The number of carbonyl (C=O) groups excluding carboxylic acids is 1. The molecule has 1 atom stereocenters. The highest BCUT2D eigenvalue weighted by atomic mass is 16.5. The number of carboxylic acids is 1. The minimum absolute atomic E-state index is 0.170. The molecule has 1 aromatic rings. The normalized spacial score (nSPS) is 12.6. The van der Waals surface area contributed by atoms with Crippen molar-refractivity contribution < 1.29 is 19.4 Å². The molecule has 0 bridgehead atoms. The van der Waals surface area contributed by atoms with Gasteiger partial charge in [-0.1, -0.05) is 6.92 Å². The molecule has 0 spiro atoms. The second kappa shape index (κ2) is 6.61. The average Bonchev–Trinajstić information content (AvgIpc) is 2.42. The standard InChI is InChI=1S/C16H23NO4/c1-11(15(19)20)10-17(16(2,3)4)14(18)12-6-8-13(21-5)9-7-12/h6-9,11H,10H2,1-5H3,(H,19,20). The first-order valence-electron chi connectivity index (χ1n) is 6.85. The zero-order valence-electron chi connectivity index (χ0n) is 13.2. The molecule has 1 aromatic carbocycles. The predicted molar refractivity (Wildman–Crippen MR) is 80.6 cm³/mol. The summed E-state index contributed by atoms with van der Waals surface area (Å²) in [5, 5.41) is 9.06. The van der Waals surface area contributed by atoms with Gasteiger partial charge < -0.3 is 14.7 Å². The molecule has 21 heavy (non-hydrogen) atoms. The van der Waals surface area contributed by atoms with Crippen LogP contribution < -0.4 is 4.74 Å². The van der Waals surface area contributed by atoms with E-state index in [1.54, 1.807) is 43.2 Å². The number of benzene rings is 1. The van der Waals surface area contributed by atoms with Gasteiger partial charge in [-0.05, 0) is 45.0 Å². The molecule has 0 aromatic heterocycles. The summed E-state index contributed by atoms with van der Waals surface area (Å²) >= 11 is 0. The lowest BCUT2D eigenvalue weighted by Gasteiger charge is -2.37. The SMILES string of the molecule is COc1ccc(C(=O)N(CC(C)C(=O)O)C(C)(C)C)cc1. The largest absolute Gasteiger partial charge is 0.497 e. The number of hydrogen-bond acceptors (Lipinski definition) is 3. The van der Waals surface area contributed by atoms with Crippen LogP contribution in [0.1, 0.15) is 38.1 Å². The van der Waals surface area contributed by atoms with E-state index in [0.717, 1.165) is 0 Å². The minimum Gasteiger partial charge on any atom is -0.497 e. The minimum atomic E-state index is -0.910. The quantitative estimate of drug-likeness (QED) is 0.906. The van der Waals surface area contributed by atoms with Crippen LogP contribution in [0, 0.1) is 5.92 Å². The van der Waals surface area contributed by atoms with Gasteiger partial charge >= 0.3 is 5.97 Å². The van der Waals surface area contributed by atoms with Crippen LogP contribution >= 0.6 is 0 Å². The van der Waals surface area contributed by atoms with E-state index in [4.69, 9.17) is 9.84 Å². The van der Waals surface area contributed by atoms with Crippen molar-refractivity contribution in [2.75, 3.05) is 13.7 Å². The fourth-order valence-corrected chi connectivity index (χ4v) is 1.90. The molecule has 0 fully saturated rings. The maximum absolute atomic E-state index is 12.6. The third-order valence-electron chi connectivity index (χ3n) is 3.27. The van der Waals surface area contributed by atoms with Crippen LogP contribution in [0.3, 0.4) is 0 Å². The molecule has 0 aliphatic heterocycles. The Kier molecular flexibility index (Phi) is 5.35. The second-order valence-corrected chi connectivity index (χ2v) is 6.05. The Hall–Kier alpha value is -2.04. The maximum atomic E-state index is 12.6. The molecule has 5 nitrogen and oxygen atoms in total. The highest BCUT2D eigenvalue weighted by Crippen LogP contribution is 2.21. The number of nitrogens with zero attached hydrogens (tertiary/aromatic N) is 1. The summed E-state index contributed by atoms with van der Waals surface area (Å²) in [6, 6.07) is 6.81. The molecule has 1 N–H and O–H groups in total. The number of rotatable bonds is 5. The molecule has 0 saturated heterocycles. The van der Waals surface area contributed by atoms with E-state index in [1.807, 2.05) is 20.8 Å². The molecular formula is C16H23NO4. The number of methoxy groups -OCH3 is 1. The van der Waals surface area contributed by atoms with Crippen molar-refractivity contribution >= 4 is 11.9 Å². The molecule has 0 saturated carbocycles. The molecular weight excluding hydrogens is 270 g/mol. The van der Waals surface area contributed by atoms with Gasteiger partial charge in [-0.3, -0.25) is 9.59 Å². The smallest absolute Gasteiger partial charge is 0.308 e.